The Kier molecular flexibility index (Phi) is 13.3. The first-order valence-electron chi connectivity index (χ1n) is 16.3. The van der Waals surface area contributed by atoms with Crippen LogP contribution in [0, 0.1) is 5.92 Å². The summed E-state index contributed by atoms with van der Waals surface area (Å²) in [5.41, 5.74) is 1.99. The number of hydrogen-bond acceptors (Lipinski definition) is 8. The number of carbonyl (C=O) groups is 5. The van der Waals surface area contributed by atoms with Crippen LogP contribution in [0.1, 0.15) is 61.6 Å². The van der Waals surface area contributed by atoms with Gasteiger partial charge in [0.25, 0.3) is 5.91 Å². The van der Waals surface area contributed by atoms with Gasteiger partial charge in [-0.3, -0.25) is 24.2 Å². The van der Waals surface area contributed by atoms with Crippen molar-refractivity contribution in [2.24, 2.45) is 5.92 Å². The Morgan fingerprint density at radius 2 is 1.65 bits per heavy atom. The van der Waals surface area contributed by atoms with Gasteiger partial charge >= 0.3 is 0 Å². The molecule has 4 amide bonds. The zero-order valence-corrected chi connectivity index (χ0v) is 27.6. The van der Waals surface area contributed by atoms with E-state index in [1.165, 1.54) is 23.5 Å². The maximum atomic E-state index is 14.2. The van der Waals surface area contributed by atoms with E-state index >= 15 is 0 Å². The van der Waals surface area contributed by atoms with Crippen molar-refractivity contribution in [2.45, 2.75) is 83.3 Å². The molecule has 1 fully saturated rings. The Labute approximate surface area is 281 Å². The van der Waals surface area contributed by atoms with Gasteiger partial charge in [0.15, 0.2) is 0 Å². The minimum Gasteiger partial charge on any atom is -0.372 e. The minimum absolute atomic E-state index is 0.0553. The van der Waals surface area contributed by atoms with Gasteiger partial charge in [-0.15, -0.1) is 0 Å². The van der Waals surface area contributed by atoms with Crippen LogP contribution in [-0.2, 0) is 36.9 Å². The van der Waals surface area contributed by atoms with E-state index in [1.807, 2.05) is 60.7 Å². The zero-order valence-electron chi connectivity index (χ0n) is 27.6. The third-order valence-electron chi connectivity index (χ3n) is 8.32. The first-order chi connectivity index (χ1) is 23.2. The van der Waals surface area contributed by atoms with Gasteiger partial charge < -0.3 is 30.4 Å². The van der Waals surface area contributed by atoms with E-state index in [9.17, 15) is 24.0 Å². The molecule has 0 bridgehead atoms. The molecule has 0 radical (unpaired) electrons. The molecule has 3 aromatic rings. The number of nitrogens with one attached hydrogen (secondary N) is 3. The average Bonchev–Trinajstić information content (AvgIpc) is 3.55. The third-order valence-corrected chi connectivity index (χ3v) is 8.32. The van der Waals surface area contributed by atoms with E-state index in [0.717, 1.165) is 11.1 Å². The summed E-state index contributed by atoms with van der Waals surface area (Å²) < 4.78 is 6.14. The fourth-order valence-electron chi connectivity index (χ4n) is 5.53. The molecular formula is C36H44N6O6. The number of ether oxygens (including phenoxy) is 1. The standard InChI is InChI=1S/C36H44N6O6/c1-4-27(22-43)39-35(46)31-19-28(48-23-26-13-9-6-10-14-26)21-42(31)36(47)32(24(2)3)41-33(44)29(16-15-25-11-7-5-8-12-25)40-34(45)30-20-37-17-18-38-30/h5-14,17-18,20,22,24,27-29,31-32H,4,15-16,19,21,23H2,1-3H3,(H,39,46)(H,40,45)(H,41,44)/t27-,28+,29-,31-,32-/m0/s1. The number of hydrogen-bond donors (Lipinski definition) is 3. The van der Waals surface area contributed by atoms with E-state index in [1.54, 1.807) is 20.8 Å². The molecule has 1 aliphatic rings. The fourth-order valence-corrected chi connectivity index (χ4v) is 5.53. The van der Waals surface area contributed by atoms with Crippen LogP contribution in [0.25, 0.3) is 0 Å². The van der Waals surface area contributed by atoms with Gasteiger partial charge in [-0.05, 0) is 36.3 Å². The number of aldehydes is 1. The first kappa shape index (κ1) is 35.9. The highest BCUT2D eigenvalue weighted by atomic mass is 16.5. The molecule has 254 valence electrons. The molecule has 5 atom stereocenters. The molecular weight excluding hydrogens is 612 g/mol. The number of benzene rings is 2. The highest BCUT2D eigenvalue weighted by Crippen LogP contribution is 2.24. The summed E-state index contributed by atoms with van der Waals surface area (Å²) in [6.07, 6.45) is 5.74. The Bertz CT molecular complexity index is 1510. The number of rotatable bonds is 16. The topological polar surface area (TPSA) is 160 Å². The fraction of sp³-hybridized carbons (Fsp3) is 0.417. The lowest BCUT2D eigenvalue weighted by Crippen LogP contribution is -2.58. The predicted octanol–water partition coefficient (Wildman–Crippen LogP) is 2.63. The van der Waals surface area contributed by atoms with Crippen molar-refractivity contribution >= 4 is 29.9 Å². The maximum Gasteiger partial charge on any atom is 0.272 e. The van der Waals surface area contributed by atoms with Crippen molar-refractivity contribution in [3.05, 3.63) is 96.1 Å². The van der Waals surface area contributed by atoms with Crippen LogP contribution < -0.4 is 16.0 Å². The van der Waals surface area contributed by atoms with Crippen molar-refractivity contribution in [3.63, 3.8) is 0 Å². The van der Waals surface area contributed by atoms with Crippen molar-refractivity contribution in [2.75, 3.05) is 6.54 Å². The minimum atomic E-state index is -1.01. The van der Waals surface area contributed by atoms with E-state index < -0.39 is 53.9 Å². The molecule has 48 heavy (non-hydrogen) atoms. The van der Waals surface area contributed by atoms with Crippen LogP contribution in [0.15, 0.2) is 79.3 Å². The van der Waals surface area contributed by atoms with E-state index in [-0.39, 0.29) is 31.0 Å². The number of carbonyl (C=O) groups excluding carboxylic acids is 5. The molecule has 1 aromatic heterocycles. The Morgan fingerprint density at radius 3 is 2.25 bits per heavy atom. The van der Waals surface area contributed by atoms with E-state index in [4.69, 9.17) is 4.74 Å². The molecule has 1 saturated heterocycles. The highest BCUT2D eigenvalue weighted by molar-refractivity contribution is 5.98. The molecule has 0 aliphatic carbocycles. The summed E-state index contributed by atoms with van der Waals surface area (Å²) in [5.74, 6) is -2.39. The summed E-state index contributed by atoms with van der Waals surface area (Å²) in [6, 6.07) is 15.5. The van der Waals surface area contributed by atoms with E-state index in [0.29, 0.717) is 25.7 Å². The van der Waals surface area contributed by atoms with Crippen LogP contribution in [-0.4, -0.2) is 81.6 Å². The molecule has 2 aromatic carbocycles. The molecule has 4 rings (SSSR count). The third kappa shape index (κ3) is 10.0. The average molecular weight is 657 g/mol. The second kappa shape index (κ2) is 17.8. The maximum absolute atomic E-state index is 14.2. The van der Waals surface area contributed by atoms with Crippen LogP contribution in [0.3, 0.4) is 0 Å². The van der Waals surface area contributed by atoms with Gasteiger partial charge in [-0.2, -0.15) is 0 Å². The molecule has 1 aliphatic heterocycles. The molecule has 12 nitrogen and oxygen atoms in total. The van der Waals surface area contributed by atoms with Crippen LogP contribution in [0.4, 0.5) is 0 Å². The van der Waals surface area contributed by atoms with Gasteiger partial charge in [0, 0.05) is 25.4 Å². The highest BCUT2D eigenvalue weighted by Gasteiger charge is 2.44. The van der Waals surface area contributed by atoms with Crippen molar-refractivity contribution in [3.8, 4) is 0 Å². The van der Waals surface area contributed by atoms with Gasteiger partial charge in [0.05, 0.1) is 24.9 Å². The Morgan fingerprint density at radius 1 is 0.958 bits per heavy atom. The normalized spacial score (nSPS) is 17.6. The van der Waals surface area contributed by atoms with Crippen molar-refractivity contribution in [1.82, 2.24) is 30.8 Å². The van der Waals surface area contributed by atoms with Crippen LogP contribution >= 0.6 is 0 Å². The second-order valence-electron chi connectivity index (χ2n) is 12.2. The van der Waals surface area contributed by atoms with Gasteiger partial charge in [0.1, 0.15) is 30.1 Å². The SMILES string of the molecule is CC[C@@H](C=O)NC(=O)[C@@H]1C[C@@H](OCc2ccccc2)CN1C(=O)[C@@H](NC(=O)[C@H](CCc1ccccc1)NC(=O)c1cnccn1)C(C)C. The molecule has 0 unspecified atom stereocenters. The first-order valence-corrected chi connectivity index (χ1v) is 16.3. The summed E-state index contributed by atoms with van der Waals surface area (Å²) in [6.45, 7) is 5.81. The zero-order chi connectivity index (χ0) is 34.5. The van der Waals surface area contributed by atoms with Gasteiger partial charge in [-0.25, -0.2) is 4.98 Å². The second-order valence-corrected chi connectivity index (χ2v) is 12.2. The molecule has 2 heterocycles. The summed E-state index contributed by atoms with van der Waals surface area (Å²) in [7, 11) is 0. The number of amides is 4. The Balaban J connectivity index is 1.53. The summed E-state index contributed by atoms with van der Waals surface area (Å²) >= 11 is 0. The van der Waals surface area contributed by atoms with Crippen LogP contribution in [0.5, 0.6) is 0 Å². The number of nitrogens with zero attached hydrogens (tertiary/aromatic N) is 3. The summed E-state index contributed by atoms with van der Waals surface area (Å²) in [4.78, 5) is 75.5. The molecule has 12 heteroatoms. The lowest BCUT2D eigenvalue weighted by atomic mass is 10.00. The van der Waals surface area contributed by atoms with Gasteiger partial charge in [-0.1, -0.05) is 81.4 Å². The molecule has 0 saturated carbocycles. The molecule has 3 N–H and O–H groups in total. The lowest BCUT2D eigenvalue weighted by molar-refractivity contribution is -0.143. The van der Waals surface area contributed by atoms with Crippen LogP contribution in [0.2, 0.25) is 0 Å². The molecule has 0 spiro atoms. The smallest absolute Gasteiger partial charge is 0.272 e. The lowest BCUT2D eigenvalue weighted by Gasteiger charge is -2.31. The number of aryl methyl sites for hydroxylation is 1. The van der Waals surface area contributed by atoms with Crippen molar-refractivity contribution in [1.29, 1.82) is 0 Å². The monoisotopic (exact) mass is 656 g/mol. The van der Waals surface area contributed by atoms with E-state index in [2.05, 4.69) is 25.9 Å². The van der Waals surface area contributed by atoms with Gasteiger partial charge in [0.2, 0.25) is 17.7 Å². The van der Waals surface area contributed by atoms with Crippen molar-refractivity contribution < 1.29 is 28.7 Å². The number of likely N-dealkylation sites (tertiary alicyclic amines) is 1. The quantitative estimate of drug-likeness (QED) is 0.199. The largest absolute Gasteiger partial charge is 0.372 e. The number of aromatic nitrogens is 2. The summed E-state index contributed by atoms with van der Waals surface area (Å²) in [5, 5.41) is 8.37. The predicted molar refractivity (Wildman–Crippen MR) is 178 cm³/mol. The Hall–Kier alpha value is -4.97.